The summed E-state index contributed by atoms with van der Waals surface area (Å²) in [6, 6.07) is 2.98. The molecular formula is C14H15NO7S. The number of hydrogen-bond acceptors (Lipinski definition) is 7. The van der Waals surface area contributed by atoms with Crippen molar-refractivity contribution in [2.75, 3.05) is 6.26 Å². The van der Waals surface area contributed by atoms with Crippen LogP contribution in [0.2, 0.25) is 0 Å². The molecule has 0 aliphatic heterocycles. The minimum atomic E-state index is -3.80. The third-order valence-corrected chi connectivity index (χ3v) is 4.68. The van der Waals surface area contributed by atoms with Crippen LogP contribution in [0.25, 0.3) is 0 Å². The largest absolute Gasteiger partial charge is 0.451 e. The minimum Gasteiger partial charge on any atom is -0.451 e. The Labute approximate surface area is 132 Å². The number of ketones is 1. The Balaban J connectivity index is 2.29. The average molecular weight is 341 g/mol. The van der Waals surface area contributed by atoms with Crippen molar-refractivity contribution in [3.05, 3.63) is 33.9 Å². The van der Waals surface area contributed by atoms with Gasteiger partial charge in [0.15, 0.2) is 21.7 Å². The molecule has 1 aliphatic rings. The van der Waals surface area contributed by atoms with Crippen molar-refractivity contribution >= 4 is 27.3 Å². The van der Waals surface area contributed by atoms with E-state index in [1.807, 2.05) is 0 Å². The maximum Gasteiger partial charge on any atom is 0.339 e. The fourth-order valence-electron chi connectivity index (χ4n) is 2.37. The maximum absolute atomic E-state index is 12.0. The molecule has 0 N–H and O–H groups in total. The second-order valence-electron chi connectivity index (χ2n) is 5.32. The lowest BCUT2D eigenvalue weighted by molar-refractivity contribution is -0.387. The van der Waals surface area contributed by atoms with Crippen LogP contribution in [0.15, 0.2) is 23.1 Å². The summed E-state index contributed by atoms with van der Waals surface area (Å²) in [4.78, 5) is 33.4. The Morgan fingerprint density at radius 3 is 2.61 bits per heavy atom. The summed E-state index contributed by atoms with van der Waals surface area (Å²) < 4.78 is 28.2. The lowest BCUT2D eigenvalue weighted by Crippen LogP contribution is -2.30. The average Bonchev–Trinajstić information content (AvgIpc) is 2.48. The van der Waals surface area contributed by atoms with Crippen LogP contribution in [0.4, 0.5) is 5.69 Å². The molecule has 1 aliphatic carbocycles. The molecule has 23 heavy (non-hydrogen) atoms. The van der Waals surface area contributed by atoms with Gasteiger partial charge in [-0.3, -0.25) is 14.9 Å². The predicted molar refractivity (Wildman–Crippen MR) is 78.9 cm³/mol. The van der Waals surface area contributed by atoms with Gasteiger partial charge in [0.25, 0.3) is 5.69 Å². The highest BCUT2D eigenvalue weighted by Crippen LogP contribution is 2.26. The Morgan fingerprint density at radius 1 is 1.35 bits per heavy atom. The Bertz CT molecular complexity index is 769. The molecule has 1 fully saturated rings. The predicted octanol–water partition coefficient (Wildman–Crippen LogP) is 1.67. The minimum absolute atomic E-state index is 0.164. The van der Waals surface area contributed by atoms with Crippen LogP contribution in [0, 0.1) is 10.1 Å². The van der Waals surface area contributed by atoms with Gasteiger partial charge in [-0.2, -0.15) is 0 Å². The number of benzene rings is 1. The number of sulfone groups is 1. The summed E-state index contributed by atoms with van der Waals surface area (Å²) >= 11 is 0. The van der Waals surface area contributed by atoms with Crippen LogP contribution >= 0.6 is 0 Å². The fourth-order valence-corrected chi connectivity index (χ4v) is 3.20. The normalized spacial score (nSPS) is 18.5. The molecule has 9 heteroatoms. The molecule has 0 heterocycles. The van der Waals surface area contributed by atoms with Gasteiger partial charge in [0.1, 0.15) is 4.90 Å². The fraction of sp³-hybridized carbons (Fsp3) is 0.429. The van der Waals surface area contributed by atoms with E-state index in [1.54, 1.807) is 0 Å². The number of Topliss-reactive ketones (excluding diaryl/α,β-unsaturated/α-hetero) is 1. The molecule has 0 saturated heterocycles. The van der Waals surface area contributed by atoms with Gasteiger partial charge in [0.2, 0.25) is 0 Å². The zero-order valence-electron chi connectivity index (χ0n) is 12.4. The summed E-state index contributed by atoms with van der Waals surface area (Å²) in [7, 11) is -3.80. The quantitative estimate of drug-likeness (QED) is 0.464. The SMILES string of the molecule is CS(=O)(=O)c1ccc(C(=O)O[C@H]2CCCCC2=O)cc1[N+](=O)[O-]. The number of carbonyl (C=O) groups excluding carboxylic acids is 2. The van der Waals surface area contributed by atoms with Crippen LogP contribution in [0.3, 0.4) is 0 Å². The number of esters is 1. The molecule has 0 spiro atoms. The molecular weight excluding hydrogens is 326 g/mol. The number of nitrogens with zero attached hydrogens (tertiary/aromatic N) is 1. The first-order valence-electron chi connectivity index (χ1n) is 6.92. The van der Waals surface area contributed by atoms with Gasteiger partial charge in [-0.1, -0.05) is 0 Å². The molecule has 0 aromatic heterocycles. The molecule has 0 unspecified atom stereocenters. The maximum atomic E-state index is 12.0. The Kier molecular flexibility index (Phi) is 4.79. The topological polar surface area (TPSA) is 121 Å². The van der Waals surface area contributed by atoms with Gasteiger partial charge >= 0.3 is 5.97 Å². The Hall–Kier alpha value is -2.29. The van der Waals surface area contributed by atoms with E-state index < -0.39 is 37.4 Å². The van der Waals surface area contributed by atoms with E-state index in [2.05, 4.69) is 0 Å². The van der Waals surface area contributed by atoms with Crippen molar-refractivity contribution in [1.29, 1.82) is 0 Å². The highest BCUT2D eigenvalue weighted by molar-refractivity contribution is 7.90. The number of hydrogen-bond donors (Lipinski definition) is 0. The van der Waals surface area contributed by atoms with Gasteiger partial charge in [0.05, 0.1) is 10.5 Å². The van der Waals surface area contributed by atoms with E-state index in [0.29, 0.717) is 12.8 Å². The van der Waals surface area contributed by atoms with Crippen molar-refractivity contribution in [3.63, 3.8) is 0 Å². The number of carbonyl (C=O) groups is 2. The number of ether oxygens (including phenoxy) is 1. The molecule has 1 aromatic carbocycles. The third kappa shape index (κ3) is 3.92. The van der Waals surface area contributed by atoms with Gasteiger partial charge < -0.3 is 4.74 Å². The van der Waals surface area contributed by atoms with Gasteiger partial charge in [0, 0.05) is 18.7 Å². The molecule has 2 rings (SSSR count). The molecule has 1 aromatic rings. The lowest BCUT2D eigenvalue weighted by atomic mass is 9.96. The van der Waals surface area contributed by atoms with Crippen LogP contribution in [-0.4, -0.2) is 37.5 Å². The summed E-state index contributed by atoms with van der Waals surface area (Å²) in [6.07, 6.45) is 2.27. The second kappa shape index (κ2) is 6.45. The molecule has 124 valence electrons. The first kappa shape index (κ1) is 17.1. The third-order valence-electron chi connectivity index (χ3n) is 3.54. The smallest absolute Gasteiger partial charge is 0.339 e. The number of nitro groups is 1. The molecule has 1 saturated carbocycles. The standard InChI is InChI=1S/C14H15NO7S/c1-23(20,21)13-7-6-9(8-10(13)15(18)19)14(17)22-12-5-3-2-4-11(12)16/h6-8,12H,2-5H2,1H3/t12-/m0/s1. The molecule has 0 radical (unpaired) electrons. The van der Waals surface area contributed by atoms with Crippen molar-refractivity contribution in [2.24, 2.45) is 0 Å². The second-order valence-corrected chi connectivity index (χ2v) is 7.30. The van der Waals surface area contributed by atoms with E-state index in [1.165, 1.54) is 0 Å². The molecule has 0 amide bonds. The van der Waals surface area contributed by atoms with E-state index in [0.717, 1.165) is 37.3 Å². The zero-order valence-corrected chi connectivity index (χ0v) is 13.2. The van der Waals surface area contributed by atoms with E-state index >= 15 is 0 Å². The first-order chi connectivity index (χ1) is 10.7. The summed E-state index contributed by atoms with van der Waals surface area (Å²) in [5, 5.41) is 11.0. The summed E-state index contributed by atoms with van der Waals surface area (Å²) in [5.41, 5.74) is -0.862. The van der Waals surface area contributed by atoms with Crippen LogP contribution in [0.5, 0.6) is 0 Å². The number of rotatable bonds is 4. The summed E-state index contributed by atoms with van der Waals surface area (Å²) in [6.45, 7) is 0. The monoisotopic (exact) mass is 341 g/mol. The molecule has 8 nitrogen and oxygen atoms in total. The van der Waals surface area contributed by atoms with Gasteiger partial charge in [-0.05, 0) is 31.4 Å². The molecule has 0 bridgehead atoms. The van der Waals surface area contributed by atoms with E-state index in [4.69, 9.17) is 4.74 Å². The Morgan fingerprint density at radius 2 is 2.04 bits per heavy atom. The van der Waals surface area contributed by atoms with Crippen molar-refractivity contribution in [3.8, 4) is 0 Å². The number of nitro benzene ring substituents is 1. The highest BCUT2D eigenvalue weighted by atomic mass is 32.2. The van der Waals surface area contributed by atoms with Crippen molar-refractivity contribution in [1.82, 2.24) is 0 Å². The van der Waals surface area contributed by atoms with Gasteiger partial charge in [-0.25, -0.2) is 13.2 Å². The van der Waals surface area contributed by atoms with Gasteiger partial charge in [-0.15, -0.1) is 0 Å². The lowest BCUT2D eigenvalue weighted by Gasteiger charge is -2.20. The van der Waals surface area contributed by atoms with Crippen LogP contribution in [0.1, 0.15) is 36.0 Å². The van der Waals surface area contributed by atoms with Crippen LogP contribution in [-0.2, 0) is 19.4 Å². The molecule has 1 atom stereocenters. The van der Waals surface area contributed by atoms with Crippen molar-refractivity contribution in [2.45, 2.75) is 36.7 Å². The zero-order chi connectivity index (χ0) is 17.2. The van der Waals surface area contributed by atoms with Crippen molar-refractivity contribution < 1.29 is 27.7 Å². The highest BCUT2D eigenvalue weighted by Gasteiger charge is 2.28. The first-order valence-corrected chi connectivity index (χ1v) is 8.81. The summed E-state index contributed by atoms with van der Waals surface area (Å²) in [5.74, 6) is -1.06. The van der Waals surface area contributed by atoms with E-state index in [9.17, 15) is 28.1 Å². The van der Waals surface area contributed by atoms with Crippen LogP contribution < -0.4 is 0 Å². The van der Waals surface area contributed by atoms with E-state index in [-0.39, 0.29) is 11.3 Å².